The summed E-state index contributed by atoms with van der Waals surface area (Å²) in [7, 11) is 5.75. The molecule has 1 amide bonds. The van der Waals surface area contributed by atoms with Crippen molar-refractivity contribution in [1.29, 1.82) is 0 Å². The molecule has 9 aromatic heterocycles. The number of amides is 1. The van der Waals surface area contributed by atoms with E-state index in [1.165, 1.54) is 46.4 Å². The Labute approximate surface area is 569 Å². The lowest BCUT2D eigenvalue weighted by atomic mass is 10.1. The molecule has 24 heteroatoms. The van der Waals surface area contributed by atoms with Crippen molar-refractivity contribution in [2.75, 3.05) is 26.9 Å². The van der Waals surface area contributed by atoms with Crippen LogP contribution in [-0.4, -0.2) is 86.1 Å². The van der Waals surface area contributed by atoms with E-state index in [0.29, 0.717) is 86.6 Å². The highest BCUT2D eigenvalue weighted by molar-refractivity contribution is 5.75. The first-order valence-corrected chi connectivity index (χ1v) is 32.4. The smallest absolute Gasteiger partial charge is 0.251 e. The second kappa shape index (κ2) is 31.4. The zero-order chi connectivity index (χ0) is 68.8. The van der Waals surface area contributed by atoms with Crippen LogP contribution in [-0.2, 0) is 44.1 Å². The summed E-state index contributed by atoms with van der Waals surface area (Å²) in [4.78, 5) is 75.2. The van der Waals surface area contributed by atoms with Gasteiger partial charge in [0.1, 0.15) is 35.0 Å². The zero-order valence-electron chi connectivity index (χ0n) is 55.7. The maximum atomic E-state index is 12.3. The van der Waals surface area contributed by atoms with Gasteiger partial charge in [-0.25, -0.2) is 19.9 Å². The van der Waals surface area contributed by atoms with Gasteiger partial charge in [-0.15, -0.1) is 0 Å². The van der Waals surface area contributed by atoms with Gasteiger partial charge in [0.2, 0.25) is 5.91 Å². The Hall–Kier alpha value is -11.5. The van der Waals surface area contributed by atoms with E-state index in [-0.39, 0.29) is 33.3 Å². The molecule has 13 rings (SSSR count). The summed E-state index contributed by atoms with van der Waals surface area (Å²) in [6.45, 7) is 11.5. The molecule has 0 spiro atoms. The predicted octanol–water partition coefficient (Wildman–Crippen LogP) is 11.3. The zero-order valence-corrected chi connectivity index (χ0v) is 55.7. The van der Waals surface area contributed by atoms with Crippen LogP contribution in [0.5, 0.6) is 0 Å². The van der Waals surface area contributed by atoms with Gasteiger partial charge in [0.05, 0.1) is 47.1 Å². The van der Waals surface area contributed by atoms with Crippen LogP contribution < -0.4 is 44.1 Å². The number of aryl methyl sites for hydroxylation is 3. The van der Waals surface area contributed by atoms with E-state index in [1.54, 1.807) is 64.1 Å². The number of benzene rings is 3. The minimum absolute atomic E-state index is 0. The third kappa shape index (κ3) is 17.0. The van der Waals surface area contributed by atoms with Gasteiger partial charge in [0, 0.05) is 125 Å². The fourth-order valence-electron chi connectivity index (χ4n) is 10.8. The molecule has 506 valence electrons. The number of pyridine rings is 3. The van der Waals surface area contributed by atoms with Crippen molar-refractivity contribution in [2.24, 2.45) is 17.6 Å². The molecule has 7 N–H and O–H groups in total. The Bertz CT molecular complexity index is 4930. The number of carbonyl (C=O) groups excluding carboxylic acids is 1. The van der Waals surface area contributed by atoms with Crippen LogP contribution >= 0.6 is 0 Å². The number of nitrogens with two attached hydrogens (primary N) is 2. The maximum absolute atomic E-state index is 12.3. The number of hydrogen-bond donors (Lipinski definition) is 5. The van der Waals surface area contributed by atoms with Gasteiger partial charge in [-0.1, -0.05) is 121 Å². The Kier molecular flexibility index (Phi) is 21.8. The number of carbonyl (C=O) groups is 1. The number of nitrogen functional groups attached to an aromatic ring is 1. The molecule has 1 saturated carbocycles. The van der Waals surface area contributed by atoms with E-state index in [1.807, 2.05) is 120 Å². The molecule has 1 aliphatic carbocycles. The number of nitrogens with zero attached hydrogens (tertiary/aromatic N) is 12. The molecule has 98 heavy (non-hydrogen) atoms. The van der Waals surface area contributed by atoms with E-state index in [2.05, 4.69) is 82.3 Å². The quantitative estimate of drug-likeness (QED) is 0.0397. The minimum Gasteiger partial charge on any atom is -0.382 e. The van der Waals surface area contributed by atoms with Crippen LogP contribution in [0.4, 0.5) is 5.82 Å². The monoisotopic (exact) mass is 1320 g/mol. The molecule has 0 unspecified atom stereocenters. The molecule has 1 fully saturated rings. The molecule has 0 bridgehead atoms. The Morgan fingerprint density at radius 3 is 1.30 bits per heavy atom. The number of rotatable bonds is 23. The van der Waals surface area contributed by atoms with Crippen molar-refractivity contribution in [3.63, 3.8) is 0 Å². The van der Waals surface area contributed by atoms with Crippen molar-refractivity contribution in [1.82, 2.24) is 75.0 Å². The second-order valence-electron chi connectivity index (χ2n) is 24.2. The molecule has 3 aromatic carbocycles. The molecule has 1 aliphatic rings. The third-order valence-electron chi connectivity index (χ3n) is 16.7. The van der Waals surface area contributed by atoms with Gasteiger partial charge < -0.3 is 54.7 Å². The maximum Gasteiger partial charge on any atom is 0.251 e. The molecule has 12 aromatic rings. The molecular weight excluding hydrogens is 1240 g/mol. The van der Waals surface area contributed by atoms with E-state index in [4.69, 9.17) is 30.0 Å². The van der Waals surface area contributed by atoms with Crippen molar-refractivity contribution in [3.8, 4) is 102 Å². The summed E-state index contributed by atoms with van der Waals surface area (Å²) in [6.07, 6.45) is 14.8. The van der Waals surface area contributed by atoms with E-state index >= 15 is 0 Å². The fraction of sp³-hybridized carbons (Fsp3) is 0.257. The predicted molar refractivity (Wildman–Crippen MR) is 382 cm³/mol. The fourth-order valence-corrected chi connectivity index (χ4v) is 10.8. The van der Waals surface area contributed by atoms with E-state index in [0.717, 1.165) is 84.1 Å². The van der Waals surface area contributed by atoms with Crippen LogP contribution in [0.25, 0.3) is 102 Å². The molecule has 0 radical (unpaired) electrons. The first-order chi connectivity index (χ1) is 47.5. The van der Waals surface area contributed by atoms with Crippen LogP contribution in [0.2, 0.25) is 0 Å². The van der Waals surface area contributed by atoms with Crippen molar-refractivity contribution < 1.29 is 22.6 Å². The van der Waals surface area contributed by atoms with E-state index in [9.17, 15) is 19.2 Å². The topological polar surface area (TPSA) is 327 Å². The highest BCUT2D eigenvalue weighted by Gasteiger charge is 2.22. The van der Waals surface area contributed by atoms with Gasteiger partial charge in [0.15, 0.2) is 28.8 Å². The van der Waals surface area contributed by atoms with Gasteiger partial charge >= 0.3 is 0 Å². The summed E-state index contributed by atoms with van der Waals surface area (Å²) < 4.78 is 21.5. The van der Waals surface area contributed by atoms with Crippen molar-refractivity contribution >= 4 is 11.7 Å². The van der Waals surface area contributed by atoms with Crippen LogP contribution in [0.15, 0.2) is 193 Å². The van der Waals surface area contributed by atoms with Crippen molar-refractivity contribution in [3.05, 3.63) is 224 Å². The standard InChI is InChI=1S/C26H27N5O2.C25H28N6O2.C23H22N6O3.3H2/c1-17-26(24-13-22(30-33-24)20-7-5-19(6-8-20)14-27-2)29-23(15-28-17)21-9-10-25(32)31(16-21)12-11-18-3-4-18;1-4-16(2)14-31-15-19(9-10-23(31)32)21-13-28-25(26)24(29-21)22-11-20(30-33-22)18-7-5-17(6-8-18)12-27-3;1-14-23(20-9-18(28-32-20)16-5-3-15(4-6-16)10-25-2)27-19(11-26-14)17-7-8-22(31)29(12-17)13-21(24)30;;;/h5-10,13,15-16,18,27H,3-4,11-12,14H2,1-2H3;5-11,13,15-16,27H,4,12,14H2,1-3H3,(H2,26,28);3-9,11-12,25H,10,13H2,1-2H3,(H2,24,30);3*1H/t;16-;;;;/m.0..../s1. The largest absolute Gasteiger partial charge is 0.382 e. The average molecular weight is 1320 g/mol. The Morgan fingerprint density at radius 1 is 0.520 bits per heavy atom. The summed E-state index contributed by atoms with van der Waals surface area (Å²) >= 11 is 0. The van der Waals surface area contributed by atoms with Crippen LogP contribution in [0.1, 0.15) is 71.9 Å². The third-order valence-corrected chi connectivity index (χ3v) is 16.7. The number of hydrogen-bond acceptors (Lipinski definition) is 20. The van der Waals surface area contributed by atoms with E-state index < -0.39 is 5.91 Å². The van der Waals surface area contributed by atoms with Gasteiger partial charge in [-0.05, 0) is 88.1 Å². The highest BCUT2D eigenvalue weighted by atomic mass is 16.5. The lowest BCUT2D eigenvalue weighted by Crippen LogP contribution is -2.27. The lowest BCUT2D eigenvalue weighted by molar-refractivity contribution is -0.118. The number of nitrogens with one attached hydrogen (secondary N) is 3. The molecule has 24 nitrogen and oxygen atoms in total. The normalized spacial score (nSPS) is 12.2. The average Bonchev–Trinajstić information content (AvgIpc) is 1.75. The number of primary amides is 1. The summed E-state index contributed by atoms with van der Waals surface area (Å²) in [5.74, 6) is 2.29. The molecule has 0 aliphatic heterocycles. The highest BCUT2D eigenvalue weighted by Crippen LogP contribution is 2.34. The van der Waals surface area contributed by atoms with Gasteiger partial charge in [-0.2, -0.15) is 0 Å². The van der Waals surface area contributed by atoms with Crippen LogP contribution in [0.3, 0.4) is 0 Å². The SMILES string of the molecule is CC[C@H](C)Cn1cc(-c2cnc(N)c(-c3cc(-c4ccc(CNC)cc4)no3)n2)ccc1=O.CNCc1ccc(-c2cc(-c3nc(-c4ccc(=O)n(CC(N)=O)c4)cnc3C)on2)cc1.CNCc1ccc(-c2cc(-c3nc(-c4ccc(=O)n(CCC5CC5)c4)cnc3C)on2)cc1.[HH].[HH].[HH]. The molecular formula is C74H83N17O7. The summed E-state index contributed by atoms with van der Waals surface area (Å²) in [5, 5.41) is 22.0. The molecule has 1 atom stereocenters. The lowest BCUT2D eigenvalue weighted by Gasteiger charge is -2.12. The summed E-state index contributed by atoms with van der Waals surface area (Å²) in [6, 6.07) is 39.6. The van der Waals surface area contributed by atoms with Gasteiger partial charge in [0.25, 0.3) is 16.7 Å². The van der Waals surface area contributed by atoms with Crippen molar-refractivity contribution in [2.45, 2.75) is 92.6 Å². The first-order valence-electron chi connectivity index (χ1n) is 32.4. The molecule has 9 heterocycles. The van der Waals surface area contributed by atoms with Gasteiger partial charge in [-0.3, -0.25) is 29.1 Å². The summed E-state index contributed by atoms with van der Waals surface area (Å²) in [5.41, 5.74) is 26.7. The van der Waals surface area contributed by atoms with Crippen LogP contribution in [0, 0.1) is 25.7 Å². The first kappa shape index (κ1) is 67.9. The Balaban J connectivity index is 0.000000190. The second-order valence-corrected chi connectivity index (χ2v) is 24.2. The minimum atomic E-state index is -0.604. The number of anilines is 1. The number of aromatic nitrogens is 12. The molecule has 0 saturated heterocycles. The Morgan fingerprint density at radius 2 is 0.888 bits per heavy atom.